The summed E-state index contributed by atoms with van der Waals surface area (Å²) in [5, 5.41) is 1.60. The Morgan fingerprint density at radius 1 is 1.50 bits per heavy atom. The summed E-state index contributed by atoms with van der Waals surface area (Å²) < 4.78 is 37.8. The van der Waals surface area contributed by atoms with Gasteiger partial charge in [-0.3, -0.25) is 4.90 Å². The van der Waals surface area contributed by atoms with Gasteiger partial charge in [0, 0.05) is 12.6 Å². The molecule has 0 amide bonds. The number of nitrogens with zero attached hydrogens (tertiary/aromatic N) is 1. The van der Waals surface area contributed by atoms with Crippen molar-refractivity contribution in [1.82, 2.24) is 4.90 Å². The third-order valence-electron chi connectivity index (χ3n) is 3.30. The second kappa shape index (κ2) is 5.19. The summed E-state index contributed by atoms with van der Waals surface area (Å²) in [6.45, 7) is 3.82. The largest absolute Gasteiger partial charge is 0.425 e. The lowest BCUT2D eigenvalue weighted by Gasteiger charge is -2.25. The fourth-order valence-corrected chi connectivity index (χ4v) is 3.34. The Morgan fingerprint density at radius 2 is 2.22 bits per heavy atom. The van der Waals surface area contributed by atoms with E-state index in [-0.39, 0.29) is 12.1 Å². The van der Waals surface area contributed by atoms with Crippen LogP contribution < -0.4 is 5.73 Å². The maximum Gasteiger partial charge on any atom is 0.425 e. The number of hydrogen-bond acceptors (Lipinski definition) is 3. The predicted molar refractivity (Wildman–Crippen MR) is 66.5 cm³/mol. The van der Waals surface area contributed by atoms with Crippen molar-refractivity contribution in [2.75, 3.05) is 13.1 Å². The van der Waals surface area contributed by atoms with Crippen LogP contribution in [0.5, 0.6) is 0 Å². The van der Waals surface area contributed by atoms with Gasteiger partial charge in [-0.1, -0.05) is 6.92 Å². The monoisotopic (exact) mass is 278 g/mol. The van der Waals surface area contributed by atoms with Gasteiger partial charge in [0.2, 0.25) is 0 Å². The lowest BCUT2D eigenvalue weighted by Crippen LogP contribution is -2.32. The molecular formula is C12H17F3N2S. The quantitative estimate of drug-likeness (QED) is 0.919. The highest BCUT2D eigenvalue weighted by Gasteiger charge is 2.37. The zero-order valence-corrected chi connectivity index (χ0v) is 11.0. The summed E-state index contributed by atoms with van der Waals surface area (Å²) in [7, 11) is 0. The van der Waals surface area contributed by atoms with Crippen LogP contribution in [0, 0.1) is 0 Å². The molecule has 1 aromatic rings. The van der Waals surface area contributed by atoms with Crippen LogP contribution in [-0.2, 0) is 6.18 Å². The smallest absolute Gasteiger partial charge is 0.326 e. The topological polar surface area (TPSA) is 29.3 Å². The maximum absolute atomic E-state index is 12.6. The molecule has 0 aromatic carbocycles. The zero-order chi connectivity index (χ0) is 13.3. The maximum atomic E-state index is 12.6. The number of rotatable bonds is 3. The highest BCUT2D eigenvalue weighted by atomic mass is 32.1. The van der Waals surface area contributed by atoms with Crippen molar-refractivity contribution in [2.45, 2.75) is 38.0 Å². The fraction of sp³-hybridized carbons (Fsp3) is 0.667. The van der Waals surface area contributed by atoms with Gasteiger partial charge >= 0.3 is 6.18 Å². The van der Waals surface area contributed by atoms with Gasteiger partial charge in [-0.25, -0.2) is 0 Å². The molecule has 1 saturated heterocycles. The lowest BCUT2D eigenvalue weighted by atomic mass is 10.0. The molecule has 2 atom stereocenters. The Bertz CT molecular complexity index is 400. The number of halogens is 3. The molecule has 0 bridgehead atoms. The molecular weight excluding hydrogens is 261 g/mol. The molecule has 1 aliphatic heterocycles. The molecule has 1 aromatic heterocycles. The minimum absolute atomic E-state index is 0.0581. The van der Waals surface area contributed by atoms with Crippen LogP contribution in [0.3, 0.4) is 0 Å². The van der Waals surface area contributed by atoms with E-state index in [4.69, 9.17) is 5.73 Å². The summed E-state index contributed by atoms with van der Waals surface area (Å²) >= 11 is 0.758. The third kappa shape index (κ3) is 2.70. The predicted octanol–water partition coefficient (Wildman–Crippen LogP) is 3.25. The van der Waals surface area contributed by atoms with E-state index < -0.39 is 11.1 Å². The van der Waals surface area contributed by atoms with Crippen LogP contribution in [-0.4, -0.2) is 24.0 Å². The Labute approximate surface area is 109 Å². The molecule has 0 aliphatic carbocycles. The van der Waals surface area contributed by atoms with E-state index in [0.717, 1.165) is 37.3 Å². The van der Waals surface area contributed by atoms with Crippen LogP contribution in [0.2, 0.25) is 0 Å². The molecule has 2 rings (SSSR count). The molecule has 102 valence electrons. The van der Waals surface area contributed by atoms with E-state index in [2.05, 4.69) is 11.8 Å². The van der Waals surface area contributed by atoms with Gasteiger partial charge < -0.3 is 5.73 Å². The number of likely N-dealkylation sites (tertiary alicyclic amines) is 1. The number of nitrogens with two attached hydrogens (primary N) is 1. The molecule has 0 spiro atoms. The van der Waals surface area contributed by atoms with Crippen LogP contribution >= 0.6 is 11.3 Å². The first-order valence-electron chi connectivity index (χ1n) is 6.08. The Balaban J connectivity index is 2.21. The van der Waals surface area contributed by atoms with Crippen molar-refractivity contribution in [3.8, 4) is 0 Å². The van der Waals surface area contributed by atoms with Crippen LogP contribution in [0.15, 0.2) is 11.4 Å². The molecule has 6 heteroatoms. The first kappa shape index (κ1) is 13.8. The molecule has 1 fully saturated rings. The number of alkyl halides is 3. The van der Waals surface area contributed by atoms with Crippen molar-refractivity contribution in [3.63, 3.8) is 0 Å². The zero-order valence-electron chi connectivity index (χ0n) is 10.2. The molecule has 2 nitrogen and oxygen atoms in total. The van der Waals surface area contributed by atoms with E-state index in [1.54, 1.807) is 5.38 Å². The molecule has 2 N–H and O–H groups in total. The van der Waals surface area contributed by atoms with Gasteiger partial charge in [-0.15, -0.1) is 11.3 Å². The van der Waals surface area contributed by atoms with E-state index in [1.807, 2.05) is 0 Å². The van der Waals surface area contributed by atoms with Crippen LogP contribution in [0.4, 0.5) is 13.2 Å². The van der Waals surface area contributed by atoms with E-state index in [0.29, 0.717) is 5.56 Å². The van der Waals surface area contributed by atoms with Gasteiger partial charge in [-0.2, -0.15) is 13.2 Å². The summed E-state index contributed by atoms with van der Waals surface area (Å²) in [5.74, 6) is 0. The standard InChI is InChI=1S/C12H17F3N2S/c1-2-4-17-5-3-9(16)11(17)8-6-10(18-7-8)12(13,14)15/h6-7,9,11H,2-5,16H2,1H3/t9-,11+/m1/s1. The van der Waals surface area contributed by atoms with Crippen molar-refractivity contribution in [1.29, 1.82) is 0 Å². The molecule has 0 saturated carbocycles. The highest BCUT2D eigenvalue weighted by molar-refractivity contribution is 7.10. The second-order valence-electron chi connectivity index (χ2n) is 4.68. The average Bonchev–Trinajstić information content (AvgIpc) is 2.85. The molecule has 1 aliphatic rings. The molecule has 0 unspecified atom stereocenters. The summed E-state index contributed by atoms with van der Waals surface area (Å²) in [6.07, 6.45) is -2.41. The average molecular weight is 278 g/mol. The SMILES string of the molecule is CCCN1CC[C@@H](N)[C@@H]1c1csc(C(F)(F)F)c1. The van der Waals surface area contributed by atoms with Crippen molar-refractivity contribution in [2.24, 2.45) is 5.73 Å². The van der Waals surface area contributed by atoms with Crippen molar-refractivity contribution in [3.05, 3.63) is 21.9 Å². The van der Waals surface area contributed by atoms with Gasteiger partial charge in [-0.05, 0) is 36.4 Å². The summed E-state index contributed by atoms with van der Waals surface area (Å²) in [4.78, 5) is 1.65. The van der Waals surface area contributed by atoms with E-state index >= 15 is 0 Å². The van der Waals surface area contributed by atoms with Gasteiger partial charge in [0.25, 0.3) is 0 Å². The molecule has 18 heavy (non-hydrogen) atoms. The van der Waals surface area contributed by atoms with Crippen LogP contribution in [0.1, 0.15) is 36.2 Å². The Morgan fingerprint density at radius 3 is 2.78 bits per heavy atom. The van der Waals surface area contributed by atoms with E-state index in [9.17, 15) is 13.2 Å². The third-order valence-corrected chi connectivity index (χ3v) is 4.29. The second-order valence-corrected chi connectivity index (χ2v) is 5.59. The number of hydrogen-bond donors (Lipinski definition) is 1. The van der Waals surface area contributed by atoms with E-state index in [1.165, 1.54) is 6.07 Å². The normalized spacial score (nSPS) is 25.8. The number of thiophene rings is 1. The lowest BCUT2D eigenvalue weighted by molar-refractivity contribution is -0.134. The van der Waals surface area contributed by atoms with Crippen molar-refractivity contribution < 1.29 is 13.2 Å². The minimum atomic E-state index is -4.25. The minimum Gasteiger partial charge on any atom is -0.326 e. The van der Waals surface area contributed by atoms with Crippen LogP contribution in [0.25, 0.3) is 0 Å². The fourth-order valence-electron chi connectivity index (χ4n) is 2.53. The van der Waals surface area contributed by atoms with Crippen molar-refractivity contribution >= 4 is 11.3 Å². The first-order valence-corrected chi connectivity index (χ1v) is 6.96. The molecule has 0 radical (unpaired) electrons. The Kier molecular flexibility index (Phi) is 3.99. The van der Waals surface area contributed by atoms with Gasteiger partial charge in [0.1, 0.15) is 4.88 Å². The Hall–Kier alpha value is -0.590. The first-order chi connectivity index (χ1) is 8.43. The summed E-state index contributed by atoms with van der Waals surface area (Å²) in [6, 6.07) is 1.13. The molecule has 2 heterocycles. The van der Waals surface area contributed by atoms with Gasteiger partial charge in [0.15, 0.2) is 0 Å². The highest BCUT2D eigenvalue weighted by Crippen LogP contribution is 2.39. The van der Waals surface area contributed by atoms with Gasteiger partial charge in [0.05, 0.1) is 6.04 Å². The summed E-state index contributed by atoms with van der Waals surface area (Å²) in [5.41, 5.74) is 6.75.